The summed E-state index contributed by atoms with van der Waals surface area (Å²) in [6, 6.07) is 7.60. The maximum atomic E-state index is 11.9. The monoisotopic (exact) mass is 244 g/mol. The molecule has 2 aromatic rings. The molecule has 0 fully saturated rings. The van der Waals surface area contributed by atoms with Crippen molar-refractivity contribution in [3.05, 3.63) is 42.6 Å². The molecule has 0 bridgehead atoms. The number of aromatic nitrogens is 1. The van der Waals surface area contributed by atoms with Crippen LogP contribution < -0.4 is 10.1 Å². The number of amides is 1. The van der Waals surface area contributed by atoms with Crippen LogP contribution in [0.1, 0.15) is 10.5 Å². The Morgan fingerprint density at radius 1 is 1.56 bits per heavy atom. The molecule has 4 heteroatoms. The van der Waals surface area contributed by atoms with Crippen LogP contribution in [0.25, 0.3) is 10.9 Å². The third kappa shape index (κ3) is 1.86. The molecule has 4 nitrogen and oxygen atoms in total. The quantitative estimate of drug-likeness (QED) is 0.838. The standard InChI is InChI=1S/C14H16N2O2/c1-4-8-16-11-6-5-7-13(18-3)10(11)9-12(16)14(17)15-2/h4-7,9H,1,8H2,2-3H3,(H,15,17). The van der Waals surface area contributed by atoms with Crippen LogP contribution in [-0.2, 0) is 6.54 Å². The molecule has 0 spiro atoms. The van der Waals surface area contributed by atoms with Crippen molar-refractivity contribution in [2.24, 2.45) is 0 Å². The Morgan fingerprint density at radius 2 is 2.33 bits per heavy atom. The average molecular weight is 244 g/mol. The molecule has 1 aromatic carbocycles. The highest BCUT2D eigenvalue weighted by atomic mass is 16.5. The molecule has 1 N–H and O–H groups in total. The predicted octanol–water partition coefficient (Wildman–Crippen LogP) is 2.20. The van der Waals surface area contributed by atoms with Gasteiger partial charge in [0, 0.05) is 19.0 Å². The van der Waals surface area contributed by atoms with E-state index in [0.29, 0.717) is 12.2 Å². The molecule has 0 aliphatic heterocycles. The van der Waals surface area contributed by atoms with Gasteiger partial charge < -0.3 is 14.6 Å². The lowest BCUT2D eigenvalue weighted by molar-refractivity contribution is 0.0955. The van der Waals surface area contributed by atoms with Gasteiger partial charge in [-0.3, -0.25) is 4.79 Å². The van der Waals surface area contributed by atoms with Crippen LogP contribution in [0, 0.1) is 0 Å². The topological polar surface area (TPSA) is 43.3 Å². The van der Waals surface area contributed by atoms with Crippen LogP contribution in [0.15, 0.2) is 36.9 Å². The average Bonchev–Trinajstić information content (AvgIpc) is 2.77. The van der Waals surface area contributed by atoms with Gasteiger partial charge in [0.25, 0.3) is 5.91 Å². The molecular formula is C14H16N2O2. The Kier molecular flexibility index (Phi) is 3.37. The predicted molar refractivity (Wildman–Crippen MR) is 72.1 cm³/mol. The number of fused-ring (bicyclic) bond motifs is 1. The molecule has 1 amide bonds. The minimum Gasteiger partial charge on any atom is -0.496 e. The van der Waals surface area contributed by atoms with E-state index in [2.05, 4.69) is 11.9 Å². The summed E-state index contributed by atoms with van der Waals surface area (Å²) < 4.78 is 7.24. The fourth-order valence-electron chi connectivity index (χ4n) is 2.08. The Hall–Kier alpha value is -2.23. The summed E-state index contributed by atoms with van der Waals surface area (Å²) in [5, 5.41) is 3.57. The molecule has 1 aromatic heterocycles. The number of rotatable bonds is 4. The number of carbonyl (C=O) groups excluding carboxylic acids is 1. The minimum absolute atomic E-state index is 0.116. The summed E-state index contributed by atoms with van der Waals surface area (Å²) in [5.41, 5.74) is 1.57. The zero-order chi connectivity index (χ0) is 13.1. The van der Waals surface area contributed by atoms with Crippen molar-refractivity contribution in [1.29, 1.82) is 0 Å². The van der Waals surface area contributed by atoms with E-state index in [4.69, 9.17) is 4.74 Å². The number of hydrogen-bond acceptors (Lipinski definition) is 2. The van der Waals surface area contributed by atoms with Crippen LogP contribution in [0.4, 0.5) is 0 Å². The maximum Gasteiger partial charge on any atom is 0.267 e. The van der Waals surface area contributed by atoms with Crippen molar-refractivity contribution in [1.82, 2.24) is 9.88 Å². The van der Waals surface area contributed by atoms with Gasteiger partial charge in [-0.2, -0.15) is 0 Å². The molecule has 0 unspecified atom stereocenters. The second-order valence-corrected chi connectivity index (χ2v) is 3.90. The largest absolute Gasteiger partial charge is 0.496 e. The molecular weight excluding hydrogens is 228 g/mol. The van der Waals surface area contributed by atoms with Crippen LogP contribution in [0.2, 0.25) is 0 Å². The minimum atomic E-state index is -0.116. The number of nitrogens with zero attached hydrogens (tertiary/aromatic N) is 1. The van der Waals surface area contributed by atoms with Gasteiger partial charge in [-0.15, -0.1) is 6.58 Å². The second-order valence-electron chi connectivity index (χ2n) is 3.90. The van der Waals surface area contributed by atoms with Crippen LogP contribution in [-0.4, -0.2) is 24.6 Å². The highest BCUT2D eigenvalue weighted by molar-refractivity contribution is 6.00. The van der Waals surface area contributed by atoms with Crippen molar-refractivity contribution in [3.63, 3.8) is 0 Å². The summed E-state index contributed by atoms with van der Waals surface area (Å²) in [5.74, 6) is 0.649. The third-order valence-electron chi connectivity index (χ3n) is 2.90. The Balaban J connectivity index is 2.73. The molecule has 0 radical (unpaired) electrons. The number of hydrogen-bond donors (Lipinski definition) is 1. The number of carbonyl (C=O) groups is 1. The zero-order valence-corrected chi connectivity index (χ0v) is 10.6. The van der Waals surface area contributed by atoms with E-state index in [1.165, 1.54) is 0 Å². The van der Waals surface area contributed by atoms with Gasteiger partial charge in [-0.1, -0.05) is 12.1 Å². The summed E-state index contributed by atoms with van der Waals surface area (Å²) in [4.78, 5) is 11.9. The van der Waals surface area contributed by atoms with Crippen molar-refractivity contribution in [3.8, 4) is 5.75 Å². The first kappa shape index (κ1) is 12.2. The van der Waals surface area contributed by atoms with E-state index in [0.717, 1.165) is 16.7 Å². The number of ether oxygens (including phenoxy) is 1. The highest BCUT2D eigenvalue weighted by Gasteiger charge is 2.15. The van der Waals surface area contributed by atoms with Crippen molar-refractivity contribution in [2.45, 2.75) is 6.54 Å². The first-order valence-electron chi connectivity index (χ1n) is 5.72. The van der Waals surface area contributed by atoms with Crippen LogP contribution in [0.3, 0.4) is 0 Å². The van der Waals surface area contributed by atoms with Crippen molar-refractivity contribution < 1.29 is 9.53 Å². The lowest BCUT2D eigenvalue weighted by atomic mass is 10.2. The Labute approximate surface area is 106 Å². The van der Waals surface area contributed by atoms with Gasteiger partial charge in [-0.25, -0.2) is 0 Å². The first-order valence-corrected chi connectivity index (χ1v) is 5.72. The summed E-state index contributed by atoms with van der Waals surface area (Å²) in [6.45, 7) is 4.31. The van der Waals surface area contributed by atoms with Crippen LogP contribution >= 0.6 is 0 Å². The van der Waals surface area contributed by atoms with Crippen molar-refractivity contribution in [2.75, 3.05) is 14.2 Å². The van der Waals surface area contributed by atoms with Gasteiger partial charge in [-0.05, 0) is 18.2 Å². The molecule has 18 heavy (non-hydrogen) atoms. The van der Waals surface area contributed by atoms with E-state index in [-0.39, 0.29) is 5.91 Å². The smallest absolute Gasteiger partial charge is 0.267 e. The SMILES string of the molecule is C=CCn1c(C(=O)NC)cc2c(OC)cccc21. The highest BCUT2D eigenvalue weighted by Crippen LogP contribution is 2.28. The molecule has 2 rings (SSSR count). The molecule has 0 aliphatic carbocycles. The molecule has 0 saturated carbocycles. The number of allylic oxidation sites excluding steroid dienone is 1. The van der Waals surface area contributed by atoms with Gasteiger partial charge in [0.2, 0.25) is 0 Å². The zero-order valence-electron chi connectivity index (χ0n) is 10.6. The lowest BCUT2D eigenvalue weighted by Crippen LogP contribution is -2.21. The fraction of sp³-hybridized carbons (Fsp3) is 0.214. The third-order valence-corrected chi connectivity index (χ3v) is 2.90. The summed E-state index contributed by atoms with van der Waals surface area (Å²) in [7, 11) is 3.24. The van der Waals surface area contributed by atoms with Crippen LogP contribution in [0.5, 0.6) is 5.75 Å². The lowest BCUT2D eigenvalue weighted by Gasteiger charge is -2.07. The second kappa shape index (κ2) is 4.96. The Bertz CT molecular complexity index is 599. The molecule has 1 heterocycles. The molecule has 0 atom stereocenters. The normalized spacial score (nSPS) is 10.3. The molecule has 0 aliphatic rings. The van der Waals surface area contributed by atoms with Gasteiger partial charge in [0.15, 0.2) is 0 Å². The summed E-state index contributed by atoms with van der Waals surface area (Å²) in [6.07, 6.45) is 1.77. The first-order chi connectivity index (χ1) is 8.72. The van der Waals surface area contributed by atoms with E-state index in [1.807, 2.05) is 28.8 Å². The van der Waals surface area contributed by atoms with E-state index in [1.54, 1.807) is 20.2 Å². The number of benzene rings is 1. The van der Waals surface area contributed by atoms with Crippen molar-refractivity contribution >= 4 is 16.8 Å². The van der Waals surface area contributed by atoms with E-state index < -0.39 is 0 Å². The van der Waals surface area contributed by atoms with E-state index >= 15 is 0 Å². The van der Waals surface area contributed by atoms with Gasteiger partial charge in [0.05, 0.1) is 12.6 Å². The maximum absolute atomic E-state index is 11.9. The number of nitrogens with one attached hydrogen (secondary N) is 1. The van der Waals surface area contributed by atoms with Gasteiger partial charge in [0.1, 0.15) is 11.4 Å². The fourth-order valence-corrected chi connectivity index (χ4v) is 2.08. The molecule has 94 valence electrons. The molecule has 0 saturated heterocycles. The Morgan fingerprint density at radius 3 is 2.94 bits per heavy atom. The van der Waals surface area contributed by atoms with Gasteiger partial charge >= 0.3 is 0 Å². The van der Waals surface area contributed by atoms with E-state index in [9.17, 15) is 4.79 Å². The number of methoxy groups -OCH3 is 1. The summed E-state index contributed by atoms with van der Waals surface area (Å²) >= 11 is 0.